The van der Waals surface area contributed by atoms with E-state index >= 15 is 0 Å². The van der Waals surface area contributed by atoms with Crippen LogP contribution in [0.3, 0.4) is 0 Å². The fourth-order valence-electron chi connectivity index (χ4n) is 17.6. The molecule has 746 valence electrons. The first-order chi connectivity index (χ1) is 64.0. The summed E-state index contributed by atoms with van der Waals surface area (Å²) in [6.45, 7) is 8.40. The Morgan fingerprint density at radius 1 is 0.307 bits per heavy atom. The summed E-state index contributed by atoms with van der Waals surface area (Å²) >= 11 is 0. The summed E-state index contributed by atoms with van der Waals surface area (Å²) in [6.07, 6.45) is -2.49. The van der Waals surface area contributed by atoms with Gasteiger partial charge in [0, 0.05) is 243 Å². The van der Waals surface area contributed by atoms with Crippen molar-refractivity contribution in [1.29, 1.82) is 0 Å². The van der Waals surface area contributed by atoms with Crippen molar-refractivity contribution in [1.82, 2.24) is 24.5 Å². The summed E-state index contributed by atoms with van der Waals surface area (Å²) in [4.78, 5) is 97.1. The molecule has 16 rings (SSSR count). The molecule has 6 aromatic carbocycles. The first-order valence-electron chi connectivity index (χ1n) is 45.5. The third-order valence-electron chi connectivity index (χ3n) is 26.2. The number of piperidine rings is 5. The standard InChI is InChI=1S/C22H24F2N2O2.2C19H21F5N2O2.C19H24F2N2O4S.C18H21F3N2O2/c1-21(23,24)9-8-20(27)26-12-10-22(11-13-26)15-19(25-28-22)18-7-6-16-4-2-3-5-17(16)14-18;1-17(20,21)7-6-16(27)26-10-8-18(9-11-26)12-15(25-28-18)13-2-4-14(5-3-13)19(22,23)24;1-17(20,21)6-5-16(27)26-9-7-18(8-10-26)12-15(25-28-18)13-3-2-4-14(11-13)19(22,23)24;1-18(20,21)8-7-17(24)23-11-9-19(10-12-23)13-16(22-27-19)14-3-5-15(6-4-14)28(2,25)26;1-17(20,21)7-6-16(24)23-10-8-18(9-11-23)12-15(22-25-18)13-2-4-14(19)5-3-13/h2-7,14H,8-13,15H2,1H3;2-5H,6-12H2,1H3;2-4,11H,5-10,12H2,1H3;3-6H,7-13H2,1-2H3;2-5H,6-12H2,1H3. The van der Waals surface area contributed by atoms with Crippen LogP contribution in [0.2, 0.25) is 0 Å². The molecular formula is C97H111F17N10O12S. The van der Waals surface area contributed by atoms with Gasteiger partial charge >= 0.3 is 12.4 Å². The van der Waals surface area contributed by atoms with E-state index in [4.69, 9.17) is 24.2 Å². The van der Waals surface area contributed by atoms with Crippen LogP contribution in [0.4, 0.5) is 74.6 Å². The van der Waals surface area contributed by atoms with Gasteiger partial charge in [0.1, 0.15) is 33.8 Å². The lowest BCUT2D eigenvalue weighted by Gasteiger charge is -2.37. The van der Waals surface area contributed by atoms with Gasteiger partial charge in [-0.1, -0.05) is 111 Å². The van der Waals surface area contributed by atoms with Crippen molar-refractivity contribution in [2.75, 3.05) is 71.7 Å². The van der Waals surface area contributed by atoms with Gasteiger partial charge in [-0.25, -0.2) is 56.7 Å². The molecule has 10 aliphatic heterocycles. The molecule has 10 heterocycles. The Bertz CT molecular complexity index is 5520. The number of sulfone groups is 1. The Morgan fingerprint density at radius 3 is 0.825 bits per heavy atom. The number of nitrogens with zero attached hydrogens (tertiary/aromatic N) is 10. The molecule has 0 aromatic heterocycles. The molecule has 0 N–H and O–H groups in total. The summed E-state index contributed by atoms with van der Waals surface area (Å²) in [6, 6.07) is 36.8. The minimum absolute atomic E-state index is 0.115. The highest BCUT2D eigenvalue weighted by atomic mass is 32.2. The number of alkyl halides is 16. The highest BCUT2D eigenvalue weighted by Gasteiger charge is 2.50. The minimum Gasteiger partial charge on any atom is -0.388 e. The lowest BCUT2D eigenvalue weighted by molar-refractivity contribution is -0.139. The predicted molar refractivity (Wildman–Crippen MR) is 476 cm³/mol. The maximum atomic E-state index is 13.0. The topological polar surface area (TPSA) is 244 Å². The second-order valence-corrected chi connectivity index (χ2v) is 39.7. The molecule has 137 heavy (non-hydrogen) atoms. The number of benzene rings is 6. The Balaban J connectivity index is 0.000000154. The van der Waals surface area contributed by atoms with E-state index < -0.39 is 117 Å². The lowest BCUT2D eigenvalue weighted by Crippen LogP contribution is -2.47. The zero-order valence-electron chi connectivity index (χ0n) is 76.7. The maximum absolute atomic E-state index is 13.0. The first kappa shape index (κ1) is 105. The van der Waals surface area contributed by atoms with Gasteiger partial charge in [0.25, 0.3) is 0 Å². The number of rotatable bonds is 21. The van der Waals surface area contributed by atoms with Crippen LogP contribution >= 0.6 is 0 Å². The molecule has 10 aliphatic rings. The molecule has 0 radical (unpaired) electrons. The number of carbonyl (C=O) groups is 5. The van der Waals surface area contributed by atoms with Gasteiger partial charge in [-0.05, 0) is 117 Å². The van der Waals surface area contributed by atoms with E-state index in [9.17, 15) is 107 Å². The van der Waals surface area contributed by atoms with Gasteiger partial charge in [0.2, 0.25) is 59.1 Å². The van der Waals surface area contributed by atoms with E-state index in [2.05, 4.69) is 56.1 Å². The van der Waals surface area contributed by atoms with Crippen molar-refractivity contribution in [3.05, 3.63) is 184 Å². The van der Waals surface area contributed by atoms with Crippen LogP contribution < -0.4 is 0 Å². The van der Waals surface area contributed by atoms with Crippen molar-refractivity contribution in [2.24, 2.45) is 25.8 Å². The van der Waals surface area contributed by atoms with Crippen LogP contribution in [-0.2, 0) is 70.4 Å². The number of likely N-dealkylation sites (tertiary alicyclic amines) is 5. The summed E-state index contributed by atoms with van der Waals surface area (Å²) in [7, 11) is -3.25. The molecule has 5 saturated heterocycles. The summed E-state index contributed by atoms with van der Waals surface area (Å²) in [5.74, 6) is -15.8. The van der Waals surface area contributed by atoms with Crippen LogP contribution in [0.25, 0.3) is 10.8 Å². The van der Waals surface area contributed by atoms with Crippen LogP contribution in [0, 0.1) is 5.82 Å². The molecule has 0 atom stereocenters. The number of fused-ring (bicyclic) bond motifs is 1. The molecule has 5 spiro atoms. The summed E-state index contributed by atoms with van der Waals surface area (Å²) in [5.41, 5.74) is 2.99. The lowest BCUT2D eigenvalue weighted by atomic mass is 9.85. The van der Waals surface area contributed by atoms with E-state index in [1.165, 1.54) is 40.6 Å². The Hall–Kier alpha value is -11.0. The largest absolute Gasteiger partial charge is 0.416 e. The van der Waals surface area contributed by atoms with Gasteiger partial charge in [0.15, 0.2) is 9.84 Å². The number of oxime groups is 5. The third kappa shape index (κ3) is 29.8. The minimum atomic E-state index is -4.44. The molecule has 5 fully saturated rings. The average molecular weight is 1960 g/mol. The summed E-state index contributed by atoms with van der Waals surface area (Å²) < 4.78 is 242. The van der Waals surface area contributed by atoms with Crippen LogP contribution in [0.15, 0.2) is 170 Å². The van der Waals surface area contributed by atoms with E-state index in [-0.39, 0.29) is 78.0 Å². The first-order valence-corrected chi connectivity index (χ1v) is 47.4. The van der Waals surface area contributed by atoms with Gasteiger partial charge in [0.05, 0.1) is 44.6 Å². The molecule has 40 heteroatoms. The highest BCUT2D eigenvalue weighted by molar-refractivity contribution is 7.90. The van der Waals surface area contributed by atoms with Gasteiger partial charge < -0.3 is 48.7 Å². The van der Waals surface area contributed by atoms with Crippen molar-refractivity contribution in [2.45, 2.75) is 270 Å². The second kappa shape index (κ2) is 42.4. The Morgan fingerprint density at radius 2 is 0.555 bits per heavy atom. The van der Waals surface area contributed by atoms with Crippen molar-refractivity contribution in [3.8, 4) is 0 Å². The Labute approximate surface area is 782 Å². The van der Waals surface area contributed by atoms with E-state index in [0.717, 1.165) is 104 Å². The van der Waals surface area contributed by atoms with Gasteiger partial charge in [-0.15, -0.1) is 0 Å². The fourth-order valence-corrected chi connectivity index (χ4v) is 18.2. The van der Waals surface area contributed by atoms with E-state index in [0.29, 0.717) is 184 Å². The number of amides is 5. The monoisotopic (exact) mass is 1960 g/mol. The maximum Gasteiger partial charge on any atom is 0.416 e. The third-order valence-corrected chi connectivity index (χ3v) is 27.3. The van der Waals surface area contributed by atoms with Crippen LogP contribution in [0.5, 0.6) is 0 Å². The molecular weight excluding hydrogens is 1850 g/mol. The number of hydrogen-bond acceptors (Lipinski definition) is 17. The van der Waals surface area contributed by atoms with Gasteiger partial charge in [-0.2, -0.15) is 26.3 Å². The molecule has 0 unspecified atom stereocenters. The molecule has 0 saturated carbocycles. The highest BCUT2D eigenvalue weighted by Crippen LogP contribution is 2.45. The molecule has 22 nitrogen and oxygen atoms in total. The Kier molecular flexibility index (Phi) is 32.5. The van der Waals surface area contributed by atoms with Crippen LogP contribution in [0.1, 0.15) is 234 Å². The average Bonchev–Trinajstić information content (AvgIpc) is 1.67. The SMILES string of the molecule is CC(F)(F)CCC(=O)N1CCC2(CC1)CC(c1ccc(C(F)(F)F)cc1)=NO2.CC(F)(F)CCC(=O)N1CCC2(CC1)CC(c1ccc(F)cc1)=NO2.CC(F)(F)CCC(=O)N1CCC2(CC1)CC(c1ccc(S(C)(=O)=O)cc1)=NO2.CC(F)(F)CCC(=O)N1CCC2(CC1)CC(c1ccc3ccccc3c1)=NO2.CC(F)(F)CCC(=O)N1CCC2(CC1)CC(c1cccc(C(F)(F)F)c1)=NO2. The normalized spacial score (nSPS) is 19.4. The fraction of sp³-hybridized carbons (Fsp3) is 0.546. The molecule has 0 aliphatic carbocycles. The zero-order chi connectivity index (χ0) is 99.6. The number of halogens is 17. The predicted octanol–water partition coefficient (Wildman–Crippen LogP) is 20.8. The zero-order valence-corrected chi connectivity index (χ0v) is 77.5. The molecule has 5 amide bonds. The van der Waals surface area contributed by atoms with Crippen LogP contribution in [-0.4, -0.2) is 220 Å². The number of hydrogen-bond donors (Lipinski definition) is 0. The number of carbonyl (C=O) groups excluding carboxylic acids is 5. The van der Waals surface area contributed by atoms with Crippen molar-refractivity contribution >= 4 is 78.7 Å². The smallest absolute Gasteiger partial charge is 0.388 e. The summed E-state index contributed by atoms with van der Waals surface area (Å²) in [5, 5.41) is 23.0. The van der Waals surface area contributed by atoms with Crippen molar-refractivity contribution in [3.63, 3.8) is 0 Å². The second-order valence-electron chi connectivity index (χ2n) is 37.7. The molecule has 0 bridgehead atoms. The van der Waals surface area contributed by atoms with Gasteiger partial charge in [-0.3, -0.25) is 24.0 Å². The van der Waals surface area contributed by atoms with E-state index in [1.54, 1.807) is 62.1 Å². The molecule has 6 aromatic rings. The quantitative estimate of drug-likeness (QED) is 0.0611. The van der Waals surface area contributed by atoms with E-state index in [1.807, 2.05) is 12.1 Å². The van der Waals surface area contributed by atoms with Crippen molar-refractivity contribution < 1.29 is 131 Å².